The fourth-order valence-corrected chi connectivity index (χ4v) is 4.95. The number of aromatic nitrogens is 3. The number of carbonyl (C=O) groups is 1. The second kappa shape index (κ2) is 10.8. The molecule has 6 nitrogen and oxygen atoms in total. The second-order valence-corrected chi connectivity index (χ2v) is 9.20. The number of unbranched alkanes of at least 4 members (excludes halogenated alkanes) is 1. The number of hydrogen-bond donors (Lipinski definition) is 0. The van der Waals surface area contributed by atoms with E-state index in [1.165, 1.54) is 18.2 Å². The molecule has 1 saturated heterocycles. The predicted octanol–water partition coefficient (Wildman–Crippen LogP) is 5.03. The lowest BCUT2D eigenvalue weighted by atomic mass is 10.00. The van der Waals surface area contributed by atoms with Crippen molar-refractivity contribution in [2.75, 3.05) is 13.7 Å². The SMILES string of the molecule is CCCCn1c(SC(C)C(=O)N2CCCCC2CC)nnc1-c1ccc(OC)cc1. The Balaban J connectivity index is 1.80. The van der Waals surface area contributed by atoms with E-state index in [0.29, 0.717) is 6.04 Å². The normalized spacial score (nSPS) is 17.7. The second-order valence-electron chi connectivity index (χ2n) is 7.89. The van der Waals surface area contributed by atoms with Gasteiger partial charge in [-0.15, -0.1) is 10.2 Å². The average molecular weight is 431 g/mol. The van der Waals surface area contributed by atoms with Gasteiger partial charge in [-0.05, 0) is 63.3 Å². The minimum atomic E-state index is -0.176. The van der Waals surface area contributed by atoms with Crippen molar-refractivity contribution >= 4 is 17.7 Å². The monoisotopic (exact) mass is 430 g/mol. The number of likely N-dealkylation sites (tertiary alicyclic amines) is 1. The Kier molecular flexibility index (Phi) is 8.19. The topological polar surface area (TPSA) is 60.2 Å². The average Bonchev–Trinajstić information content (AvgIpc) is 3.19. The highest BCUT2D eigenvalue weighted by Crippen LogP contribution is 2.30. The van der Waals surface area contributed by atoms with Crippen LogP contribution in [0.3, 0.4) is 0 Å². The van der Waals surface area contributed by atoms with Crippen molar-refractivity contribution in [3.8, 4) is 17.1 Å². The van der Waals surface area contributed by atoms with E-state index in [1.807, 2.05) is 31.2 Å². The van der Waals surface area contributed by atoms with E-state index < -0.39 is 0 Å². The Hall–Kier alpha value is -2.02. The number of hydrogen-bond acceptors (Lipinski definition) is 5. The number of rotatable bonds is 9. The molecular weight excluding hydrogens is 396 g/mol. The summed E-state index contributed by atoms with van der Waals surface area (Å²) in [6, 6.07) is 8.27. The number of thioether (sulfide) groups is 1. The highest BCUT2D eigenvalue weighted by molar-refractivity contribution is 8.00. The Morgan fingerprint density at radius 3 is 2.67 bits per heavy atom. The summed E-state index contributed by atoms with van der Waals surface area (Å²) in [6.45, 7) is 8.08. The fourth-order valence-electron chi connectivity index (χ4n) is 4.00. The van der Waals surface area contributed by atoms with Gasteiger partial charge in [-0.25, -0.2) is 0 Å². The first-order chi connectivity index (χ1) is 14.6. The smallest absolute Gasteiger partial charge is 0.236 e. The molecule has 1 aromatic heterocycles. The van der Waals surface area contributed by atoms with Gasteiger partial charge in [-0.2, -0.15) is 0 Å². The third-order valence-electron chi connectivity index (χ3n) is 5.81. The van der Waals surface area contributed by atoms with Gasteiger partial charge in [-0.3, -0.25) is 4.79 Å². The minimum absolute atomic E-state index is 0.176. The molecule has 0 N–H and O–H groups in total. The first-order valence-electron chi connectivity index (χ1n) is 11.1. The lowest BCUT2D eigenvalue weighted by Crippen LogP contribution is -2.46. The van der Waals surface area contributed by atoms with Crippen LogP contribution in [0.5, 0.6) is 5.75 Å². The molecule has 1 aliphatic heterocycles. The van der Waals surface area contributed by atoms with Crippen LogP contribution >= 0.6 is 11.8 Å². The number of amides is 1. The quantitative estimate of drug-likeness (QED) is 0.523. The molecule has 1 aliphatic rings. The minimum Gasteiger partial charge on any atom is -0.497 e. The molecule has 1 aromatic carbocycles. The third kappa shape index (κ3) is 5.17. The summed E-state index contributed by atoms with van der Waals surface area (Å²) >= 11 is 1.53. The zero-order valence-electron chi connectivity index (χ0n) is 18.6. The van der Waals surface area contributed by atoms with Crippen LogP contribution in [0.1, 0.15) is 59.3 Å². The molecule has 7 heteroatoms. The number of carbonyl (C=O) groups excluding carboxylic acids is 1. The highest BCUT2D eigenvalue weighted by atomic mass is 32.2. The molecule has 0 spiro atoms. The highest BCUT2D eigenvalue weighted by Gasteiger charge is 2.30. The summed E-state index contributed by atoms with van der Waals surface area (Å²) < 4.78 is 7.43. The van der Waals surface area contributed by atoms with E-state index in [9.17, 15) is 4.79 Å². The van der Waals surface area contributed by atoms with E-state index in [4.69, 9.17) is 4.74 Å². The number of piperidine rings is 1. The zero-order chi connectivity index (χ0) is 21.5. The summed E-state index contributed by atoms with van der Waals surface area (Å²) in [6.07, 6.45) is 6.60. The molecule has 0 radical (unpaired) electrons. The van der Waals surface area contributed by atoms with E-state index in [2.05, 4.69) is 33.5 Å². The van der Waals surface area contributed by atoms with Crippen molar-refractivity contribution in [2.24, 2.45) is 0 Å². The molecule has 1 fully saturated rings. The van der Waals surface area contributed by atoms with Gasteiger partial charge >= 0.3 is 0 Å². The molecule has 2 atom stereocenters. The van der Waals surface area contributed by atoms with Crippen molar-refractivity contribution in [3.63, 3.8) is 0 Å². The Labute approximate surface area is 184 Å². The number of methoxy groups -OCH3 is 1. The van der Waals surface area contributed by atoms with Crippen LogP contribution in [0.4, 0.5) is 0 Å². The van der Waals surface area contributed by atoms with Crippen LogP contribution in [0.2, 0.25) is 0 Å². The lowest BCUT2D eigenvalue weighted by Gasteiger charge is -2.36. The van der Waals surface area contributed by atoms with Gasteiger partial charge in [0.25, 0.3) is 0 Å². The Morgan fingerprint density at radius 2 is 2.00 bits per heavy atom. The van der Waals surface area contributed by atoms with Crippen LogP contribution in [0.25, 0.3) is 11.4 Å². The molecule has 2 heterocycles. The van der Waals surface area contributed by atoms with Gasteiger partial charge in [0.15, 0.2) is 11.0 Å². The van der Waals surface area contributed by atoms with Crippen molar-refractivity contribution in [2.45, 2.75) is 82.3 Å². The molecule has 3 rings (SSSR count). The maximum absolute atomic E-state index is 13.2. The van der Waals surface area contributed by atoms with Crippen molar-refractivity contribution in [1.82, 2.24) is 19.7 Å². The summed E-state index contributed by atoms with van der Waals surface area (Å²) in [7, 11) is 1.66. The van der Waals surface area contributed by atoms with Crippen molar-refractivity contribution < 1.29 is 9.53 Å². The summed E-state index contributed by atoms with van der Waals surface area (Å²) in [4.78, 5) is 15.3. The van der Waals surface area contributed by atoms with Gasteiger partial charge in [0, 0.05) is 24.7 Å². The van der Waals surface area contributed by atoms with Crippen LogP contribution in [-0.4, -0.2) is 50.5 Å². The fraction of sp³-hybridized carbons (Fsp3) is 0.609. The van der Waals surface area contributed by atoms with Gasteiger partial charge in [0.05, 0.1) is 12.4 Å². The molecule has 0 saturated carbocycles. The van der Waals surface area contributed by atoms with E-state index in [0.717, 1.165) is 67.5 Å². The number of nitrogens with zero attached hydrogens (tertiary/aromatic N) is 4. The predicted molar refractivity (Wildman–Crippen MR) is 122 cm³/mol. The summed E-state index contributed by atoms with van der Waals surface area (Å²) in [5.41, 5.74) is 1.01. The summed E-state index contributed by atoms with van der Waals surface area (Å²) in [5, 5.41) is 9.59. The maximum atomic E-state index is 13.2. The van der Waals surface area contributed by atoms with Crippen molar-refractivity contribution in [3.05, 3.63) is 24.3 Å². The molecule has 30 heavy (non-hydrogen) atoms. The Morgan fingerprint density at radius 1 is 1.23 bits per heavy atom. The zero-order valence-corrected chi connectivity index (χ0v) is 19.5. The first kappa shape index (κ1) is 22.7. The van der Waals surface area contributed by atoms with Crippen LogP contribution in [0, 0.1) is 0 Å². The van der Waals surface area contributed by atoms with E-state index in [1.54, 1.807) is 7.11 Å². The number of benzene rings is 1. The standard InChI is InChI=1S/C23H34N4O2S/c1-5-7-15-27-21(18-11-13-20(29-4)14-12-18)24-25-23(27)30-17(3)22(28)26-16-9-8-10-19(26)6-2/h11-14,17,19H,5-10,15-16H2,1-4H3. The van der Waals surface area contributed by atoms with Gasteiger partial charge in [-0.1, -0.05) is 32.0 Å². The van der Waals surface area contributed by atoms with E-state index >= 15 is 0 Å². The molecule has 2 aromatic rings. The van der Waals surface area contributed by atoms with Gasteiger partial charge in [0.2, 0.25) is 5.91 Å². The molecular formula is C23H34N4O2S. The largest absolute Gasteiger partial charge is 0.497 e. The van der Waals surface area contributed by atoms with Crippen LogP contribution in [0.15, 0.2) is 29.4 Å². The molecule has 164 valence electrons. The molecule has 2 unspecified atom stereocenters. The van der Waals surface area contributed by atoms with Crippen LogP contribution < -0.4 is 4.74 Å². The maximum Gasteiger partial charge on any atom is 0.236 e. The van der Waals surface area contributed by atoms with Crippen molar-refractivity contribution in [1.29, 1.82) is 0 Å². The number of ether oxygens (including phenoxy) is 1. The van der Waals surface area contributed by atoms with Crippen LogP contribution in [-0.2, 0) is 11.3 Å². The molecule has 0 bridgehead atoms. The molecule has 0 aliphatic carbocycles. The third-order valence-corrected chi connectivity index (χ3v) is 6.88. The van der Waals surface area contributed by atoms with Gasteiger partial charge in [0.1, 0.15) is 5.75 Å². The van der Waals surface area contributed by atoms with E-state index in [-0.39, 0.29) is 11.2 Å². The summed E-state index contributed by atoms with van der Waals surface area (Å²) in [5.74, 6) is 1.89. The first-order valence-corrected chi connectivity index (χ1v) is 12.0. The molecule has 1 amide bonds. The van der Waals surface area contributed by atoms with Gasteiger partial charge < -0.3 is 14.2 Å². The lowest BCUT2D eigenvalue weighted by molar-refractivity contribution is -0.134. The Bertz CT molecular complexity index is 821.